The van der Waals surface area contributed by atoms with Crippen LogP contribution in [0.4, 0.5) is 0 Å². The van der Waals surface area contributed by atoms with E-state index in [1.165, 1.54) is 36.4 Å². The Hall–Kier alpha value is -1.86. The van der Waals surface area contributed by atoms with E-state index < -0.39 is 17.7 Å². The third-order valence-electron chi connectivity index (χ3n) is 3.43. The highest BCUT2D eigenvalue weighted by Crippen LogP contribution is 2.38. The lowest BCUT2D eigenvalue weighted by Gasteiger charge is -2.30. The molecule has 6 nitrogen and oxygen atoms in total. The van der Waals surface area contributed by atoms with E-state index in [-0.39, 0.29) is 44.8 Å². The molecule has 0 aliphatic carbocycles. The number of carbonyl (C=O) groups excluding carboxylic acids is 2. The molecule has 0 N–H and O–H groups in total. The summed E-state index contributed by atoms with van der Waals surface area (Å²) in [5, 5.41) is 0.166. The van der Waals surface area contributed by atoms with Crippen LogP contribution >= 0.6 is 46.4 Å². The summed E-state index contributed by atoms with van der Waals surface area (Å²) in [5.41, 5.74) is 0. The van der Waals surface area contributed by atoms with Crippen molar-refractivity contribution in [2.24, 2.45) is 0 Å². The van der Waals surface area contributed by atoms with Gasteiger partial charge in [-0.3, -0.25) is 0 Å². The second-order valence-corrected chi connectivity index (χ2v) is 6.94. The molecule has 29 heavy (non-hydrogen) atoms. The van der Waals surface area contributed by atoms with Gasteiger partial charge < -0.3 is 18.9 Å². The quantitative estimate of drug-likeness (QED) is 0.278. The summed E-state index contributed by atoms with van der Waals surface area (Å²) in [6, 6.07) is 8.81. The van der Waals surface area contributed by atoms with Crippen molar-refractivity contribution < 1.29 is 28.5 Å². The Morgan fingerprint density at radius 3 is 1.48 bits per heavy atom. The van der Waals surface area contributed by atoms with E-state index in [1.54, 1.807) is 13.8 Å². The van der Waals surface area contributed by atoms with Gasteiger partial charge in [0.1, 0.15) is 21.5 Å². The number of ether oxygens (including phenoxy) is 4. The summed E-state index contributed by atoms with van der Waals surface area (Å²) >= 11 is 24.3. The molecule has 2 aromatic carbocycles. The molecule has 156 valence electrons. The molecular weight excluding hydrogens is 466 g/mol. The first-order chi connectivity index (χ1) is 13.8. The van der Waals surface area contributed by atoms with E-state index in [0.29, 0.717) is 0 Å². The van der Waals surface area contributed by atoms with Crippen LogP contribution in [0.5, 0.6) is 11.5 Å². The van der Waals surface area contributed by atoms with Gasteiger partial charge in [0.2, 0.25) is 0 Å². The van der Waals surface area contributed by atoms with Crippen molar-refractivity contribution in [2.75, 3.05) is 13.2 Å². The van der Waals surface area contributed by atoms with Crippen LogP contribution in [0.15, 0.2) is 36.4 Å². The predicted molar refractivity (Wildman–Crippen MR) is 110 cm³/mol. The first-order valence-electron chi connectivity index (χ1n) is 8.37. The van der Waals surface area contributed by atoms with Crippen molar-refractivity contribution in [1.82, 2.24) is 0 Å². The van der Waals surface area contributed by atoms with Gasteiger partial charge in [0.25, 0.3) is 0 Å². The van der Waals surface area contributed by atoms with Crippen LogP contribution in [0.25, 0.3) is 0 Å². The maximum atomic E-state index is 12.9. The SMILES string of the molecule is CCOC(=O)C(Oc1cccc(Cl)c1Cl)(Oc1cccc(Cl)c1Cl)C(=O)OCC. The van der Waals surface area contributed by atoms with Crippen LogP contribution in [-0.4, -0.2) is 30.9 Å². The molecule has 0 aliphatic heterocycles. The van der Waals surface area contributed by atoms with Gasteiger partial charge in [0.05, 0.1) is 23.3 Å². The highest BCUT2D eigenvalue weighted by Gasteiger charge is 2.56. The summed E-state index contributed by atoms with van der Waals surface area (Å²) < 4.78 is 21.3. The van der Waals surface area contributed by atoms with E-state index in [0.717, 1.165) is 0 Å². The average Bonchev–Trinajstić information content (AvgIpc) is 2.68. The maximum absolute atomic E-state index is 12.9. The Balaban J connectivity index is 2.64. The molecule has 0 fully saturated rings. The molecule has 0 spiro atoms. The molecule has 2 rings (SSSR count). The Morgan fingerprint density at radius 1 is 0.759 bits per heavy atom. The molecule has 0 aliphatic rings. The zero-order valence-corrected chi connectivity index (χ0v) is 18.4. The predicted octanol–water partition coefficient (Wildman–Crippen LogP) is 5.58. The summed E-state index contributed by atoms with van der Waals surface area (Å²) in [4.78, 5) is 25.7. The number of benzene rings is 2. The Kier molecular flexibility index (Phi) is 8.28. The zero-order chi connectivity index (χ0) is 21.6. The second kappa shape index (κ2) is 10.3. The van der Waals surface area contributed by atoms with Gasteiger partial charge in [-0.05, 0) is 38.1 Å². The highest BCUT2D eigenvalue weighted by molar-refractivity contribution is 6.43. The zero-order valence-electron chi connectivity index (χ0n) is 15.3. The summed E-state index contributed by atoms with van der Waals surface area (Å²) in [6.45, 7) is 2.96. The average molecular weight is 482 g/mol. The number of esters is 2. The maximum Gasteiger partial charge on any atom is 0.453 e. The van der Waals surface area contributed by atoms with Crippen molar-refractivity contribution in [3.63, 3.8) is 0 Å². The monoisotopic (exact) mass is 480 g/mol. The lowest BCUT2D eigenvalue weighted by Crippen LogP contribution is -2.58. The van der Waals surface area contributed by atoms with Crippen molar-refractivity contribution >= 4 is 58.3 Å². The van der Waals surface area contributed by atoms with Crippen LogP contribution < -0.4 is 9.47 Å². The lowest BCUT2D eigenvalue weighted by atomic mass is 10.2. The van der Waals surface area contributed by atoms with E-state index in [2.05, 4.69) is 0 Å². The smallest absolute Gasteiger partial charge is 0.453 e. The third kappa shape index (κ3) is 5.20. The van der Waals surface area contributed by atoms with Crippen LogP contribution in [-0.2, 0) is 19.1 Å². The van der Waals surface area contributed by atoms with Crippen LogP contribution in [0.3, 0.4) is 0 Å². The fourth-order valence-electron chi connectivity index (χ4n) is 2.16. The second-order valence-electron chi connectivity index (χ2n) is 5.37. The Labute approximate surface area is 187 Å². The highest BCUT2D eigenvalue weighted by atomic mass is 35.5. The molecule has 0 unspecified atom stereocenters. The first kappa shape index (κ1) is 23.4. The molecule has 0 radical (unpaired) electrons. The van der Waals surface area contributed by atoms with Crippen molar-refractivity contribution in [1.29, 1.82) is 0 Å². The number of rotatable bonds is 8. The summed E-state index contributed by atoms with van der Waals surface area (Å²) in [6.07, 6.45) is 0. The molecule has 2 aromatic rings. The molecular formula is C19H16Cl4O6. The van der Waals surface area contributed by atoms with Gasteiger partial charge in [-0.25, -0.2) is 9.59 Å². The number of halogens is 4. The van der Waals surface area contributed by atoms with Gasteiger partial charge >= 0.3 is 17.7 Å². The van der Waals surface area contributed by atoms with Crippen LogP contribution in [0, 0.1) is 0 Å². The van der Waals surface area contributed by atoms with Gasteiger partial charge in [0.15, 0.2) is 0 Å². The molecule has 0 amide bonds. The van der Waals surface area contributed by atoms with Crippen LogP contribution in [0.2, 0.25) is 20.1 Å². The fourth-order valence-corrected chi connectivity index (χ4v) is 2.82. The van der Waals surface area contributed by atoms with Gasteiger partial charge in [0, 0.05) is 0 Å². The fraction of sp³-hybridized carbons (Fsp3) is 0.263. The topological polar surface area (TPSA) is 71.1 Å². The standard InChI is InChI=1S/C19H16Cl4O6/c1-3-26-17(24)19(18(25)27-4-2,28-13-9-5-7-11(20)15(13)22)29-14-10-6-8-12(21)16(14)23/h5-10H,3-4H2,1-2H3. The normalized spacial score (nSPS) is 11.0. The van der Waals surface area contributed by atoms with E-state index in [4.69, 9.17) is 65.4 Å². The molecule has 0 atom stereocenters. The van der Waals surface area contributed by atoms with Crippen molar-refractivity contribution in [3.8, 4) is 11.5 Å². The van der Waals surface area contributed by atoms with Crippen molar-refractivity contribution in [2.45, 2.75) is 19.6 Å². The molecule has 0 saturated carbocycles. The minimum Gasteiger partial charge on any atom is -0.460 e. The van der Waals surface area contributed by atoms with Gasteiger partial charge in [-0.2, -0.15) is 0 Å². The summed E-state index contributed by atoms with van der Waals surface area (Å²) in [7, 11) is 0. The lowest BCUT2D eigenvalue weighted by molar-refractivity contribution is -0.209. The third-order valence-corrected chi connectivity index (χ3v) is 5.03. The van der Waals surface area contributed by atoms with E-state index >= 15 is 0 Å². The minimum atomic E-state index is -2.71. The number of carbonyl (C=O) groups is 2. The molecule has 0 heterocycles. The minimum absolute atomic E-state index is 0.0482. The number of hydrogen-bond acceptors (Lipinski definition) is 6. The van der Waals surface area contributed by atoms with E-state index in [1.807, 2.05) is 0 Å². The summed E-state index contributed by atoms with van der Waals surface area (Å²) in [5.74, 6) is -5.29. The molecule has 0 saturated heterocycles. The largest absolute Gasteiger partial charge is 0.460 e. The number of hydrogen-bond donors (Lipinski definition) is 0. The van der Waals surface area contributed by atoms with Gasteiger partial charge in [-0.1, -0.05) is 58.5 Å². The Bertz CT molecular complexity index is 829. The Morgan fingerprint density at radius 2 is 1.14 bits per heavy atom. The molecule has 10 heteroatoms. The molecule has 0 aromatic heterocycles. The van der Waals surface area contributed by atoms with E-state index in [9.17, 15) is 9.59 Å². The van der Waals surface area contributed by atoms with Crippen LogP contribution in [0.1, 0.15) is 13.8 Å². The first-order valence-corrected chi connectivity index (χ1v) is 9.88. The van der Waals surface area contributed by atoms with Crippen molar-refractivity contribution in [3.05, 3.63) is 56.5 Å². The molecule has 0 bridgehead atoms. The van der Waals surface area contributed by atoms with Gasteiger partial charge in [-0.15, -0.1) is 0 Å².